The van der Waals surface area contributed by atoms with Gasteiger partial charge in [0.15, 0.2) is 5.82 Å². The summed E-state index contributed by atoms with van der Waals surface area (Å²) in [5.41, 5.74) is 1.49. The van der Waals surface area contributed by atoms with Crippen LogP contribution in [-0.2, 0) is 17.5 Å². The van der Waals surface area contributed by atoms with E-state index in [1.807, 2.05) is 30.3 Å². The highest BCUT2D eigenvalue weighted by molar-refractivity contribution is 5.91. The van der Waals surface area contributed by atoms with Gasteiger partial charge in [-0.15, -0.1) is 0 Å². The van der Waals surface area contributed by atoms with Crippen LogP contribution in [0.5, 0.6) is 0 Å². The normalized spacial score (nSPS) is 11.6. The third kappa shape index (κ3) is 3.93. The maximum absolute atomic E-state index is 13.3. The Balaban J connectivity index is 1.55. The van der Waals surface area contributed by atoms with Gasteiger partial charge in [0.2, 0.25) is 11.7 Å². The summed E-state index contributed by atoms with van der Waals surface area (Å²) in [5.74, 6) is -1.29. The van der Waals surface area contributed by atoms with E-state index in [-0.39, 0.29) is 16.7 Å². The van der Waals surface area contributed by atoms with Gasteiger partial charge in [0, 0.05) is 5.56 Å². The number of carbonyl (C=O) groups excluding carboxylic acids is 1. The van der Waals surface area contributed by atoms with Gasteiger partial charge in [-0.25, -0.2) is 15.0 Å². The van der Waals surface area contributed by atoms with Gasteiger partial charge in [0.1, 0.15) is 6.54 Å². The van der Waals surface area contributed by atoms with Crippen molar-refractivity contribution in [2.24, 2.45) is 0 Å². The van der Waals surface area contributed by atoms with Gasteiger partial charge in [0.25, 0.3) is 0 Å². The molecule has 0 aliphatic rings. The van der Waals surface area contributed by atoms with E-state index in [2.05, 4.69) is 20.3 Å². The number of para-hydroxylation sites is 2. The number of hydrogen-bond donors (Lipinski definition) is 1. The number of nitrogens with zero attached hydrogens (tertiary/aromatic N) is 4. The van der Waals surface area contributed by atoms with Gasteiger partial charge in [0.05, 0.1) is 29.1 Å². The molecular formula is C20H14F3N5O. The van der Waals surface area contributed by atoms with E-state index in [4.69, 9.17) is 0 Å². The molecule has 2 heterocycles. The Hall–Kier alpha value is -3.75. The van der Waals surface area contributed by atoms with Crippen molar-refractivity contribution in [3.05, 3.63) is 72.8 Å². The SMILES string of the molecule is O=C(Cn1c(C(F)(F)F)nc2ccccc21)Nc1cnc(-c2ccccc2)nc1. The highest BCUT2D eigenvalue weighted by Crippen LogP contribution is 2.31. The number of alkyl halides is 3. The first-order chi connectivity index (χ1) is 13.9. The molecule has 6 nitrogen and oxygen atoms in total. The summed E-state index contributed by atoms with van der Waals surface area (Å²) in [6.45, 7) is -0.546. The third-order valence-corrected chi connectivity index (χ3v) is 4.18. The fraction of sp³-hybridized carbons (Fsp3) is 0.100. The average molecular weight is 397 g/mol. The van der Waals surface area contributed by atoms with E-state index in [0.29, 0.717) is 5.82 Å². The van der Waals surface area contributed by atoms with Crippen LogP contribution in [0.25, 0.3) is 22.4 Å². The van der Waals surface area contributed by atoms with Gasteiger partial charge in [-0.2, -0.15) is 13.2 Å². The van der Waals surface area contributed by atoms with Gasteiger partial charge in [-0.1, -0.05) is 42.5 Å². The molecule has 0 fully saturated rings. The molecule has 0 aliphatic carbocycles. The number of hydrogen-bond acceptors (Lipinski definition) is 4. The molecule has 0 saturated carbocycles. The first-order valence-electron chi connectivity index (χ1n) is 8.61. The van der Waals surface area contributed by atoms with Crippen LogP contribution < -0.4 is 5.32 Å². The summed E-state index contributed by atoms with van der Waals surface area (Å²) < 4.78 is 40.9. The van der Waals surface area contributed by atoms with E-state index in [0.717, 1.165) is 10.1 Å². The number of fused-ring (bicyclic) bond motifs is 1. The maximum atomic E-state index is 13.3. The summed E-state index contributed by atoms with van der Waals surface area (Å²) in [6.07, 6.45) is -1.87. The van der Waals surface area contributed by atoms with Gasteiger partial charge in [-0.3, -0.25) is 4.79 Å². The molecule has 2 aromatic carbocycles. The lowest BCUT2D eigenvalue weighted by atomic mass is 10.2. The molecule has 9 heteroatoms. The number of anilines is 1. The van der Waals surface area contributed by atoms with Crippen LogP contribution >= 0.6 is 0 Å². The second kappa shape index (κ2) is 7.34. The topological polar surface area (TPSA) is 72.7 Å². The highest BCUT2D eigenvalue weighted by atomic mass is 19.4. The van der Waals surface area contributed by atoms with Crippen LogP contribution in [0, 0.1) is 0 Å². The number of rotatable bonds is 4. The molecule has 0 aliphatic heterocycles. The van der Waals surface area contributed by atoms with E-state index in [1.54, 1.807) is 12.1 Å². The smallest absolute Gasteiger partial charge is 0.322 e. The number of aromatic nitrogens is 4. The summed E-state index contributed by atoms with van der Waals surface area (Å²) in [6, 6.07) is 15.4. The zero-order valence-electron chi connectivity index (χ0n) is 14.9. The predicted molar refractivity (Wildman–Crippen MR) is 101 cm³/mol. The van der Waals surface area contributed by atoms with Crippen molar-refractivity contribution >= 4 is 22.6 Å². The van der Waals surface area contributed by atoms with Crippen molar-refractivity contribution in [2.75, 3.05) is 5.32 Å². The summed E-state index contributed by atoms with van der Waals surface area (Å²) >= 11 is 0. The molecule has 0 spiro atoms. The number of imidazole rings is 1. The van der Waals surface area contributed by atoms with Crippen molar-refractivity contribution in [2.45, 2.75) is 12.7 Å². The molecule has 146 valence electrons. The van der Waals surface area contributed by atoms with Crippen molar-refractivity contribution in [1.82, 2.24) is 19.5 Å². The van der Waals surface area contributed by atoms with E-state index in [9.17, 15) is 18.0 Å². The summed E-state index contributed by atoms with van der Waals surface area (Å²) in [4.78, 5) is 24.4. The van der Waals surface area contributed by atoms with Crippen molar-refractivity contribution < 1.29 is 18.0 Å². The Morgan fingerprint density at radius 1 is 0.966 bits per heavy atom. The molecule has 0 atom stereocenters. The number of amides is 1. The number of halogens is 3. The molecule has 4 aromatic rings. The maximum Gasteiger partial charge on any atom is 0.449 e. The summed E-state index contributed by atoms with van der Waals surface area (Å²) in [5, 5.41) is 2.52. The molecule has 0 saturated heterocycles. The Morgan fingerprint density at radius 2 is 1.62 bits per heavy atom. The molecule has 0 radical (unpaired) electrons. The zero-order valence-corrected chi connectivity index (χ0v) is 14.9. The highest BCUT2D eigenvalue weighted by Gasteiger charge is 2.38. The molecule has 0 bridgehead atoms. The first kappa shape index (κ1) is 18.6. The van der Waals surface area contributed by atoms with Gasteiger partial charge in [-0.05, 0) is 12.1 Å². The Labute approximate surface area is 163 Å². The minimum absolute atomic E-state index is 0.170. The quantitative estimate of drug-likeness (QED) is 0.562. The predicted octanol–water partition coefficient (Wildman–Crippen LogP) is 4.15. The van der Waals surface area contributed by atoms with Crippen LogP contribution in [-0.4, -0.2) is 25.4 Å². The number of benzene rings is 2. The lowest BCUT2D eigenvalue weighted by molar-refractivity contribution is -0.147. The molecule has 29 heavy (non-hydrogen) atoms. The monoisotopic (exact) mass is 397 g/mol. The van der Waals surface area contributed by atoms with Crippen LogP contribution in [0.2, 0.25) is 0 Å². The van der Waals surface area contributed by atoms with E-state index in [1.165, 1.54) is 24.5 Å². The van der Waals surface area contributed by atoms with Crippen molar-refractivity contribution in [1.29, 1.82) is 0 Å². The minimum Gasteiger partial charge on any atom is -0.322 e. The van der Waals surface area contributed by atoms with Crippen molar-refractivity contribution in [3.8, 4) is 11.4 Å². The summed E-state index contributed by atoms with van der Waals surface area (Å²) in [7, 11) is 0. The minimum atomic E-state index is -4.68. The molecule has 4 rings (SSSR count). The largest absolute Gasteiger partial charge is 0.449 e. The van der Waals surface area contributed by atoms with Crippen LogP contribution in [0.1, 0.15) is 5.82 Å². The van der Waals surface area contributed by atoms with Crippen molar-refractivity contribution in [3.63, 3.8) is 0 Å². The van der Waals surface area contributed by atoms with Crippen LogP contribution in [0.15, 0.2) is 67.0 Å². The fourth-order valence-corrected chi connectivity index (χ4v) is 2.92. The molecule has 2 aromatic heterocycles. The fourth-order valence-electron chi connectivity index (χ4n) is 2.92. The first-order valence-corrected chi connectivity index (χ1v) is 8.61. The van der Waals surface area contributed by atoms with Gasteiger partial charge < -0.3 is 9.88 Å². The Kier molecular flexibility index (Phi) is 4.71. The molecule has 1 N–H and O–H groups in total. The van der Waals surface area contributed by atoms with E-state index < -0.39 is 24.5 Å². The molecule has 1 amide bonds. The Morgan fingerprint density at radius 3 is 2.31 bits per heavy atom. The van der Waals surface area contributed by atoms with Crippen LogP contribution in [0.4, 0.5) is 18.9 Å². The lowest BCUT2D eigenvalue weighted by Crippen LogP contribution is -2.23. The Bertz CT molecular complexity index is 1150. The standard InChI is InChI=1S/C20H14F3N5O/c21-20(22,23)19-27-15-8-4-5-9-16(15)28(19)12-17(29)26-14-10-24-18(25-11-14)13-6-2-1-3-7-13/h1-11H,12H2,(H,26,29). The van der Waals surface area contributed by atoms with E-state index >= 15 is 0 Å². The lowest BCUT2D eigenvalue weighted by Gasteiger charge is -2.11. The number of nitrogens with one attached hydrogen (secondary N) is 1. The third-order valence-electron chi connectivity index (χ3n) is 4.18. The second-order valence-corrected chi connectivity index (χ2v) is 6.22. The zero-order chi connectivity index (χ0) is 20.4. The second-order valence-electron chi connectivity index (χ2n) is 6.22. The average Bonchev–Trinajstić information content (AvgIpc) is 3.08. The number of carbonyl (C=O) groups is 1. The van der Waals surface area contributed by atoms with Crippen LogP contribution in [0.3, 0.4) is 0 Å². The molecule has 0 unspecified atom stereocenters. The van der Waals surface area contributed by atoms with Gasteiger partial charge >= 0.3 is 6.18 Å². The molecular weight excluding hydrogens is 383 g/mol.